The quantitative estimate of drug-likeness (QED) is 0.121. The number of fused-ring (bicyclic) bond motifs is 2. The predicted octanol–water partition coefficient (Wildman–Crippen LogP) is 2.61. The minimum Gasteiger partial charge on any atom is -0.477 e. The number of carboxylic acid groups (broad SMARTS) is 1. The number of H-pyrrole nitrogens is 1. The second-order valence-electron chi connectivity index (χ2n) is 8.26. The summed E-state index contributed by atoms with van der Waals surface area (Å²) in [6.07, 6.45) is 5.04. The number of hydrogen-bond acceptors (Lipinski definition) is 9. The molecule has 4 heterocycles. The molecule has 39 heavy (non-hydrogen) atoms. The van der Waals surface area contributed by atoms with E-state index < -0.39 is 23.3 Å². The predicted molar refractivity (Wildman–Crippen MR) is 151 cm³/mol. The molecule has 0 spiro atoms. The van der Waals surface area contributed by atoms with Crippen molar-refractivity contribution in [2.24, 2.45) is 0 Å². The van der Waals surface area contributed by atoms with E-state index in [4.69, 9.17) is 28.9 Å². The molecule has 0 aliphatic carbocycles. The topological polar surface area (TPSA) is 158 Å². The van der Waals surface area contributed by atoms with Crippen LogP contribution in [0.2, 0.25) is 10.0 Å². The molecule has 1 aromatic carbocycles. The van der Waals surface area contributed by atoms with Crippen molar-refractivity contribution in [2.45, 2.75) is 21.5 Å². The number of aromatic nitrogens is 4. The molecule has 2 amide bonds. The zero-order valence-electron chi connectivity index (χ0n) is 19.8. The normalized spacial score (nSPS) is 18.9. The summed E-state index contributed by atoms with van der Waals surface area (Å²) in [6.45, 7) is 0. The molecule has 1 fully saturated rings. The van der Waals surface area contributed by atoms with Crippen molar-refractivity contribution in [2.75, 3.05) is 23.0 Å². The van der Waals surface area contributed by atoms with Crippen LogP contribution >= 0.6 is 58.5 Å². The average Bonchev–Trinajstić information content (AvgIpc) is 3.38. The summed E-state index contributed by atoms with van der Waals surface area (Å²) in [5.41, 5.74) is 6.90. The summed E-state index contributed by atoms with van der Waals surface area (Å²) in [5.74, 6) is -0.827. The van der Waals surface area contributed by atoms with Crippen molar-refractivity contribution in [3.05, 3.63) is 64.1 Å². The molecule has 2 aliphatic rings. The summed E-state index contributed by atoms with van der Waals surface area (Å²) < 4.78 is 1.69. The van der Waals surface area contributed by atoms with Gasteiger partial charge >= 0.3 is 11.1 Å². The van der Waals surface area contributed by atoms with Gasteiger partial charge in [-0.1, -0.05) is 45.3 Å². The number of carboxylic acids is 1. The van der Waals surface area contributed by atoms with E-state index >= 15 is 0 Å². The lowest BCUT2D eigenvalue weighted by molar-refractivity contribution is -0.622. The summed E-state index contributed by atoms with van der Waals surface area (Å²) in [7, 11) is 0. The highest BCUT2D eigenvalue weighted by Crippen LogP contribution is 2.41. The molecule has 202 valence electrons. The van der Waals surface area contributed by atoms with E-state index in [-0.39, 0.29) is 17.4 Å². The molecule has 0 bridgehead atoms. The fourth-order valence-corrected chi connectivity index (χ4v) is 7.39. The van der Waals surface area contributed by atoms with Crippen LogP contribution in [0.3, 0.4) is 0 Å². The van der Waals surface area contributed by atoms with Crippen LogP contribution in [0.25, 0.3) is 5.65 Å². The molecule has 5 N–H and O–H groups in total. The third kappa shape index (κ3) is 5.84. The third-order valence-corrected chi connectivity index (χ3v) is 9.63. The standard InChI is InChI=1S/C23H19Cl2N7O4S3/c24-12-3-4-13(25)14(6-12)38-9-17(33)30-18-20(34)31-19(22(35)36)11(8-39-21(18)31)2-1-5-37-23-29-15(26)7-16-27-10-28-32(16)23/h1-4,6-7,10,18,21H,5,8-9H2,(H4,26,27,28,30,33,35,36)/p+1/t18-,21-/m1/s1. The lowest BCUT2D eigenvalue weighted by Gasteiger charge is -2.49. The van der Waals surface area contributed by atoms with E-state index in [1.807, 2.05) is 0 Å². The number of anilines is 1. The second-order valence-corrected chi connectivity index (χ2v) is 12.2. The summed E-state index contributed by atoms with van der Waals surface area (Å²) in [4.78, 5) is 47.9. The van der Waals surface area contributed by atoms with Gasteiger partial charge in [0.05, 0.1) is 16.8 Å². The number of β-lactam (4-membered cyclic amide) rings is 1. The highest BCUT2D eigenvalue weighted by atomic mass is 35.5. The van der Waals surface area contributed by atoms with Crippen LogP contribution in [0.15, 0.2) is 64.1 Å². The first-order valence-electron chi connectivity index (χ1n) is 11.3. The van der Waals surface area contributed by atoms with Gasteiger partial charge in [-0.25, -0.2) is 9.89 Å². The first kappa shape index (κ1) is 27.6. The number of carbonyl (C=O) groups is 3. The molecular formula is C23H20Cl2N7O4S3+. The van der Waals surface area contributed by atoms with Crippen molar-refractivity contribution < 1.29 is 24.0 Å². The van der Waals surface area contributed by atoms with Gasteiger partial charge < -0.3 is 16.2 Å². The summed E-state index contributed by atoms with van der Waals surface area (Å²) in [6, 6.07) is 5.79. The van der Waals surface area contributed by atoms with Gasteiger partial charge in [-0.2, -0.15) is 0 Å². The third-order valence-electron chi connectivity index (χ3n) is 5.70. The Labute approximate surface area is 244 Å². The lowest BCUT2D eigenvalue weighted by atomic mass is 10.0. The fraction of sp³-hybridized carbons (Fsp3) is 0.217. The SMILES string of the molecule is Nc1cc2nc[nH][n+]2c(SCC=CC2=C(C(=O)O)N3C(=O)[C@@H](NC(=O)CSc4cc(Cl)ccc4Cl)[C@H]3SC2)n1. The number of benzene rings is 1. The van der Waals surface area contributed by atoms with Gasteiger partial charge in [0.15, 0.2) is 6.33 Å². The minimum atomic E-state index is -1.20. The van der Waals surface area contributed by atoms with E-state index in [0.717, 1.165) is 0 Å². The maximum absolute atomic E-state index is 12.9. The highest BCUT2D eigenvalue weighted by Gasteiger charge is 2.53. The highest BCUT2D eigenvalue weighted by molar-refractivity contribution is 8.00. The number of hydrogen-bond donors (Lipinski definition) is 4. The van der Waals surface area contributed by atoms with Gasteiger partial charge in [0.2, 0.25) is 11.7 Å². The van der Waals surface area contributed by atoms with Crippen LogP contribution in [-0.2, 0) is 14.4 Å². The van der Waals surface area contributed by atoms with Gasteiger partial charge in [0.1, 0.15) is 17.1 Å². The zero-order valence-corrected chi connectivity index (χ0v) is 23.8. The number of aromatic amines is 1. The largest absolute Gasteiger partial charge is 0.477 e. The number of nitrogen functional groups attached to an aromatic ring is 1. The van der Waals surface area contributed by atoms with E-state index in [2.05, 4.69) is 20.4 Å². The molecule has 11 nitrogen and oxygen atoms in total. The number of nitrogens with zero attached hydrogens (tertiary/aromatic N) is 4. The van der Waals surface area contributed by atoms with Crippen LogP contribution in [-0.4, -0.2) is 71.5 Å². The molecule has 0 radical (unpaired) electrons. The van der Waals surface area contributed by atoms with Crippen molar-refractivity contribution >= 4 is 87.7 Å². The van der Waals surface area contributed by atoms with E-state index in [1.54, 1.807) is 40.9 Å². The molecule has 0 saturated carbocycles. The molecule has 2 aromatic heterocycles. The number of rotatable bonds is 9. The maximum Gasteiger partial charge on any atom is 0.352 e. The molecule has 2 aliphatic heterocycles. The Morgan fingerprint density at radius 1 is 1.33 bits per heavy atom. The Hall–Kier alpha value is -2.91. The first-order chi connectivity index (χ1) is 18.7. The molecule has 16 heteroatoms. The van der Waals surface area contributed by atoms with Crippen LogP contribution < -0.4 is 15.6 Å². The van der Waals surface area contributed by atoms with Crippen molar-refractivity contribution in [1.29, 1.82) is 0 Å². The number of allylic oxidation sites excluding steroid dienone is 1. The van der Waals surface area contributed by atoms with Gasteiger partial charge in [-0.3, -0.25) is 14.5 Å². The second kappa shape index (κ2) is 11.7. The lowest BCUT2D eigenvalue weighted by Crippen LogP contribution is -2.70. The monoisotopic (exact) mass is 624 g/mol. The molecule has 3 aromatic rings. The van der Waals surface area contributed by atoms with Crippen LogP contribution in [0, 0.1) is 0 Å². The van der Waals surface area contributed by atoms with Crippen molar-refractivity contribution in [3.8, 4) is 0 Å². The van der Waals surface area contributed by atoms with Gasteiger partial charge in [0.25, 0.3) is 11.6 Å². The number of carbonyl (C=O) groups excluding carboxylic acids is 2. The fourth-order valence-electron chi connectivity index (χ4n) is 3.98. The molecule has 1 saturated heterocycles. The number of nitrogens with two attached hydrogens (primary N) is 1. The Balaban J connectivity index is 1.21. The van der Waals surface area contributed by atoms with Crippen LogP contribution in [0.1, 0.15) is 0 Å². The summed E-state index contributed by atoms with van der Waals surface area (Å²) >= 11 is 16.1. The van der Waals surface area contributed by atoms with Crippen molar-refractivity contribution in [3.63, 3.8) is 0 Å². The van der Waals surface area contributed by atoms with E-state index in [1.165, 1.54) is 46.5 Å². The Morgan fingerprint density at radius 2 is 2.15 bits per heavy atom. The molecule has 2 atom stereocenters. The Bertz CT molecular complexity index is 1550. The van der Waals surface area contributed by atoms with Crippen LogP contribution in [0.5, 0.6) is 0 Å². The number of nitrogens with one attached hydrogen (secondary N) is 2. The van der Waals surface area contributed by atoms with Crippen molar-refractivity contribution in [1.82, 2.24) is 25.3 Å². The Kier molecular flexibility index (Phi) is 8.28. The number of amides is 2. The smallest absolute Gasteiger partial charge is 0.352 e. The number of halogens is 2. The van der Waals surface area contributed by atoms with Gasteiger partial charge in [0, 0.05) is 21.4 Å². The maximum atomic E-state index is 12.9. The molecular weight excluding hydrogens is 605 g/mol. The van der Waals surface area contributed by atoms with Gasteiger partial charge in [-0.05, 0) is 35.5 Å². The Morgan fingerprint density at radius 3 is 2.95 bits per heavy atom. The minimum absolute atomic E-state index is 0.0274. The van der Waals surface area contributed by atoms with Gasteiger partial charge in [-0.15, -0.1) is 28.0 Å². The average molecular weight is 626 g/mol. The number of aliphatic carboxylic acids is 1. The summed E-state index contributed by atoms with van der Waals surface area (Å²) in [5, 5.41) is 16.6. The number of thioether (sulfide) groups is 3. The van der Waals surface area contributed by atoms with E-state index in [0.29, 0.717) is 48.6 Å². The zero-order chi connectivity index (χ0) is 27.7. The molecule has 0 unspecified atom stereocenters. The molecule has 5 rings (SSSR count). The first-order valence-corrected chi connectivity index (χ1v) is 15.1. The van der Waals surface area contributed by atoms with Crippen LogP contribution in [0.4, 0.5) is 5.82 Å². The van der Waals surface area contributed by atoms with E-state index in [9.17, 15) is 19.5 Å².